The van der Waals surface area contributed by atoms with Gasteiger partial charge in [0.2, 0.25) is 0 Å². The van der Waals surface area contributed by atoms with E-state index < -0.39 is 0 Å². The molecule has 0 aromatic rings. The topological polar surface area (TPSA) is 33.7 Å². The van der Waals surface area contributed by atoms with Gasteiger partial charge in [0, 0.05) is 32.0 Å². The molecule has 0 bridgehead atoms. The number of nitrogens with one attached hydrogen (secondary N) is 1. The quantitative estimate of drug-likeness (QED) is 0.842. The molecule has 2 saturated heterocycles. The van der Waals surface area contributed by atoms with Crippen LogP contribution >= 0.6 is 0 Å². The lowest BCUT2D eigenvalue weighted by molar-refractivity contribution is -0.164. The molecular formula is C15H28N2O2. The SMILES string of the molecule is CNCC1CCCCN1CC1COC2(CCCC2)O1. The van der Waals surface area contributed by atoms with Crippen LogP contribution in [0.5, 0.6) is 0 Å². The summed E-state index contributed by atoms with van der Waals surface area (Å²) in [5.41, 5.74) is 0. The maximum absolute atomic E-state index is 6.25. The van der Waals surface area contributed by atoms with Crippen LogP contribution in [-0.4, -0.2) is 56.1 Å². The van der Waals surface area contributed by atoms with Crippen LogP contribution in [0.15, 0.2) is 0 Å². The van der Waals surface area contributed by atoms with Crippen molar-refractivity contribution < 1.29 is 9.47 Å². The van der Waals surface area contributed by atoms with E-state index in [2.05, 4.69) is 17.3 Å². The molecule has 2 atom stereocenters. The highest BCUT2D eigenvalue weighted by atomic mass is 16.7. The van der Waals surface area contributed by atoms with Gasteiger partial charge < -0.3 is 14.8 Å². The first-order valence-electron chi connectivity index (χ1n) is 8.02. The molecule has 1 saturated carbocycles. The Hall–Kier alpha value is -0.160. The van der Waals surface area contributed by atoms with E-state index in [1.54, 1.807) is 0 Å². The van der Waals surface area contributed by atoms with Crippen molar-refractivity contribution in [2.45, 2.75) is 62.9 Å². The predicted molar refractivity (Wildman–Crippen MR) is 75.2 cm³/mol. The largest absolute Gasteiger partial charge is 0.347 e. The number of likely N-dealkylation sites (N-methyl/N-ethyl adjacent to an activating group) is 1. The number of hydrogen-bond donors (Lipinski definition) is 1. The van der Waals surface area contributed by atoms with Crippen LogP contribution in [0.3, 0.4) is 0 Å². The number of likely N-dealkylation sites (tertiary alicyclic amines) is 1. The van der Waals surface area contributed by atoms with Gasteiger partial charge in [0.1, 0.15) is 0 Å². The molecule has 1 spiro atoms. The van der Waals surface area contributed by atoms with Gasteiger partial charge in [0.05, 0.1) is 12.7 Å². The van der Waals surface area contributed by atoms with E-state index in [0.29, 0.717) is 6.04 Å². The van der Waals surface area contributed by atoms with E-state index in [1.807, 2.05) is 0 Å². The lowest BCUT2D eigenvalue weighted by atomic mass is 10.0. The number of ether oxygens (including phenoxy) is 2. The number of piperidine rings is 1. The third-order valence-electron chi connectivity index (χ3n) is 4.91. The second-order valence-electron chi connectivity index (χ2n) is 6.37. The molecule has 0 aromatic heterocycles. The molecule has 1 N–H and O–H groups in total. The Labute approximate surface area is 116 Å². The van der Waals surface area contributed by atoms with E-state index in [9.17, 15) is 0 Å². The summed E-state index contributed by atoms with van der Waals surface area (Å²) in [5, 5.41) is 3.33. The normalized spacial score (nSPS) is 35.2. The number of nitrogens with zero attached hydrogens (tertiary/aromatic N) is 1. The monoisotopic (exact) mass is 268 g/mol. The smallest absolute Gasteiger partial charge is 0.168 e. The van der Waals surface area contributed by atoms with Crippen molar-refractivity contribution in [1.29, 1.82) is 0 Å². The molecular weight excluding hydrogens is 240 g/mol. The molecule has 4 heteroatoms. The fourth-order valence-electron chi connectivity index (χ4n) is 3.91. The zero-order valence-corrected chi connectivity index (χ0v) is 12.2. The summed E-state index contributed by atoms with van der Waals surface area (Å²) < 4.78 is 12.2. The van der Waals surface area contributed by atoms with E-state index in [0.717, 1.165) is 32.5 Å². The minimum absolute atomic E-state index is 0.195. The third-order valence-corrected chi connectivity index (χ3v) is 4.91. The van der Waals surface area contributed by atoms with Crippen LogP contribution in [0.4, 0.5) is 0 Å². The molecule has 2 heterocycles. The lowest BCUT2D eigenvalue weighted by Gasteiger charge is -2.37. The van der Waals surface area contributed by atoms with Crippen LogP contribution in [0.2, 0.25) is 0 Å². The summed E-state index contributed by atoms with van der Waals surface area (Å²) in [6.45, 7) is 4.16. The second kappa shape index (κ2) is 6.08. The molecule has 3 aliphatic rings. The summed E-state index contributed by atoms with van der Waals surface area (Å²) >= 11 is 0. The zero-order valence-electron chi connectivity index (χ0n) is 12.2. The molecule has 0 amide bonds. The Morgan fingerprint density at radius 1 is 1.21 bits per heavy atom. The van der Waals surface area contributed by atoms with Gasteiger partial charge in [-0.05, 0) is 39.3 Å². The van der Waals surface area contributed by atoms with Gasteiger partial charge in [-0.25, -0.2) is 0 Å². The molecule has 2 unspecified atom stereocenters. The zero-order chi connectivity index (χ0) is 13.1. The van der Waals surface area contributed by atoms with Gasteiger partial charge >= 0.3 is 0 Å². The molecule has 2 aliphatic heterocycles. The molecule has 110 valence electrons. The van der Waals surface area contributed by atoms with Gasteiger partial charge in [-0.2, -0.15) is 0 Å². The average Bonchev–Trinajstić information content (AvgIpc) is 3.03. The van der Waals surface area contributed by atoms with Crippen molar-refractivity contribution in [3.05, 3.63) is 0 Å². The fourth-order valence-corrected chi connectivity index (χ4v) is 3.91. The minimum Gasteiger partial charge on any atom is -0.347 e. The summed E-state index contributed by atoms with van der Waals surface area (Å²) in [7, 11) is 2.05. The van der Waals surface area contributed by atoms with E-state index in [1.165, 1.54) is 38.6 Å². The van der Waals surface area contributed by atoms with Gasteiger partial charge in [0.25, 0.3) is 0 Å². The fraction of sp³-hybridized carbons (Fsp3) is 1.00. The standard InChI is InChI=1S/C15H28N2O2/c1-16-10-13-6-2-5-9-17(13)11-14-12-18-15(19-14)7-3-4-8-15/h13-14,16H,2-12H2,1H3. The van der Waals surface area contributed by atoms with E-state index in [4.69, 9.17) is 9.47 Å². The Bertz CT molecular complexity index is 290. The second-order valence-corrected chi connectivity index (χ2v) is 6.37. The Kier molecular flexibility index (Phi) is 4.42. The van der Waals surface area contributed by atoms with Gasteiger partial charge in [-0.3, -0.25) is 4.90 Å². The highest BCUT2D eigenvalue weighted by molar-refractivity contribution is 4.87. The Morgan fingerprint density at radius 3 is 2.84 bits per heavy atom. The van der Waals surface area contributed by atoms with Crippen LogP contribution < -0.4 is 5.32 Å². The van der Waals surface area contributed by atoms with Crippen molar-refractivity contribution in [3.8, 4) is 0 Å². The van der Waals surface area contributed by atoms with Crippen LogP contribution in [0, 0.1) is 0 Å². The third kappa shape index (κ3) is 3.13. The van der Waals surface area contributed by atoms with Crippen LogP contribution in [0.1, 0.15) is 44.9 Å². The maximum atomic E-state index is 6.25. The highest BCUT2D eigenvalue weighted by Gasteiger charge is 2.44. The predicted octanol–water partition coefficient (Wildman–Crippen LogP) is 1.75. The number of rotatable bonds is 4. The van der Waals surface area contributed by atoms with Crippen LogP contribution in [-0.2, 0) is 9.47 Å². The molecule has 0 radical (unpaired) electrons. The molecule has 3 rings (SSSR count). The van der Waals surface area contributed by atoms with Crippen molar-refractivity contribution in [2.24, 2.45) is 0 Å². The molecule has 19 heavy (non-hydrogen) atoms. The first kappa shape index (κ1) is 13.8. The first-order valence-corrected chi connectivity index (χ1v) is 8.02. The summed E-state index contributed by atoms with van der Waals surface area (Å²) in [6.07, 6.45) is 9.04. The number of hydrogen-bond acceptors (Lipinski definition) is 4. The molecule has 1 aliphatic carbocycles. The summed E-state index contributed by atoms with van der Waals surface area (Å²) in [6, 6.07) is 0.683. The highest BCUT2D eigenvalue weighted by Crippen LogP contribution is 2.39. The van der Waals surface area contributed by atoms with Gasteiger partial charge in [-0.15, -0.1) is 0 Å². The molecule has 4 nitrogen and oxygen atoms in total. The van der Waals surface area contributed by atoms with Crippen LogP contribution in [0.25, 0.3) is 0 Å². The Morgan fingerprint density at radius 2 is 2.05 bits per heavy atom. The average molecular weight is 268 g/mol. The van der Waals surface area contributed by atoms with E-state index >= 15 is 0 Å². The van der Waals surface area contributed by atoms with Gasteiger partial charge in [0.15, 0.2) is 5.79 Å². The maximum Gasteiger partial charge on any atom is 0.168 e. The van der Waals surface area contributed by atoms with E-state index in [-0.39, 0.29) is 11.9 Å². The first-order chi connectivity index (χ1) is 9.31. The molecule has 3 fully saturated rings. The van der Waals surface area contributed by atoms with Crippen molar-refractivity contribution in [1.82, 2.24) is 10.2 Å². The van der Waals surface area contributed by atoms with Gasteiger partial charge in [-0.1, -0.05) is 6.42 Å². The molecule has 0 aromatic carbocycles. The van der Waals surface area contributed by atoms with Crippen molar-refractivity contribution in [2.75, 3.05) is 33.3 Å². The Balaban J connectivity index is 1.52. The summed E-state index contributed by atoms with van der Waals surface area (Å²) in [4.78, 5) is 2.61. The summed E-state index contributed by atoms with van der Waals surface area (Å²) in [5.74, 6) is -0.195. The lowest BCUT2D eigenvalue weighted by Crippen LogP contribution is -2.48. The van der Waals surface area contributed by atoms with Crippen molar-refractivity contribution in [3.63, 3.8) is 0 Å². The minimum atomic E-state index is -0.195. The van der Waals surface area contributed by atoms with Crippen molar-refractivity contribution >= 4 is 0 Å².